The first-order chi connectivity index (χ1) is 11.2. The first-order valence-electron chi connectivity index (χ1n) is 9.35. The van der Waals surface area contributed by atoms with Crippen molar-refractivity contribution in [3.63, 3.8) is 0 Å². The van der Waals surface area contributed by atoms with Gasteiger partial charge in [0.15, 0.2) is 0 Å². The molecule has 0 aromatic carbocycles. The van der Waals surface area contributed by atoms with Crippen LogP contribution in [0.2, 0.25) is 0 Å². The molecule has 24 heavy (non-hydrogen) atoms. The smallest absolute Gasteiger partial charge is 0.221 e. The number of ether oxygens (including phenoxy) is 1. The minimum absolute atomic E-state index is 0.0688. The van der Waals surface area contributed by atoms with Crippen molar-refractivity contribution in [2.24, 2.45) is 5.41 Å². The topological polar surface area (TPSA) is 67.4 Å². The SMILES string of the molecule is CCNCCC(=O)NCCC(C)(C)OCCC(CC)(CC)C(C)=O. The molecule has 0 saturated carbocycles. The minimum Gasteiger partial charge on any atom is -0.375 e. The van der Waals surface area contributed by atoms with Gasteiger partial charge in [-0.3, -0.25) is 9.59 Å². The molecule has 5 nitrogen and oxygen atoms in total. The van der Waals surface area contributed by atoms with Gasteiger partial charge in [0.1, 0.15) is 5.78 Å². The third-order valence-corrected chi connectivity index (χ3v) is 5.00. The summed E-state index contributed by atoms with van der Waals surface area (Å²) in [5, 5.41) is 6.07. The Balaban J connectivity index is 4.13. The highest BCUT2D eigenvalue weighted by Gasteiger charge is 2.32. The molecule has 1 amide bonds. The molecule has 142 valence electrons. The predicted octanol–water partition coefficient (Wildman–Crippen LogP) is 3.07. The van der Waals surface area contributed by atoms with E-state index in [1.54, 1.807) is 6.92 Å². The highest BCUT2D eigenvalue weighted by atomic mass is 16.5. The third kappa shape index (κ3) is 8.78. The number of Topliss-reactive ketones (excluding diaryl/α,β-unsaturated/α-hetero) is 1. The summed E-state index contributed by atoms with van der Waals surface area (Å²) in [4.78, 5) is 23.6. The fourth-order valence-corrected chi connectivity index (χ4v) is 2.84. The van der Waals surface area contributed by atoms with Crippen LogP contribution in [0, 0.1) is 5.41 Å². The highest BCUT2D eigenvalue weighted by Crippen LogP contribution is 2.32. The standard InChI is InChI=1S/C19H38N2O3/c1-7-19(8-2,16(4)22)12-15-24-18(5,6)11-14-21-17(23)10-13-20-9-3/h20H,7-15H2,1-6H3,(H,21,23). The number of carbonyl (C=O) groups is 2. The van der Waals surface area contributed by atoms with Crippen LogP contribution in [-0.2, 0) is 14.3 Å². The van der Waals surface area contributed by atoms with Gasteiger partial charge >= 0.3 is 0 Å². The number of rotatable bonds is 14. The van der Waals surface area contributed by atoms with Crippen LogP contribution in [-0.4, -0.2) is 43.5 Å². The van der Waals surface area contributed by atoms with Crippen molar-refractivity contribution in [3.05, 3.63) is 0 Å². The first kappa shape index (κ1) is 23.1. The third-order valence-electron chi connectivity index (χ3n) is 5.00. The Morgan fingerprint density at radius 1 is 1.00 bits per heavy atom. The van der Waals surface area contributed by atoms with E-state index in [2.05, 4.69) is 24.5 Å². The zero-order valence-electron chi connectivity index (χ0n) is 16.6. The first-order valence-corrected chi connectivity index (χ1v) is 9.35. The lowest BCUT2D eigenvalue weighted by atomic mass is 9.76. The number of hydrogen-bond acceptors (Lipinski definition) is 4. The largest absolute Gasteiger partial charge is 0.375 e. The van der Waals surface area contributed by atoms with Crippen molar-refractivity contribution in [1.29, 1.82) is 0 Å². The molecule has 0 unspecified atom stereocenters. The van der Waals surface area contributed by atoms with Gasteiger partial charge in [0.05, 0.1) is 5.60 Å². The van der Waals surface area contributed by atoms with Crippen LogP contribution in [0.15, 0.2) is 0 Å². The van der Waals surface area contributed by atoms with Crippen LogP contribution in [0.4, 0.5) is 0 Å². The van der Waals surface area contributed by atoms with E-state index >= 15 is 0 Å². The lowest BCUT2D eigenvalue weighted by Crippen LogP contribution is -2.35. The summed E-state index contributed by atoms with van der Waals surface area (Å²) in [6.45, 7) is 14.7. The van der Waals surface area contributed by atoms with Gasteiger partial charge < -0.3 is 15.4 Å². The Labute approximate surface area is 148 Å². The predicted molar refractivity (Wildman–Crippen MR) is 99.1 cm³/mol. The van der Waals surface area contributed by atoms with Gasteiger partial charge in [-0.25, -0.2) is 0 Å². The minimum atomic E-state index is -0.307. The van der Waals surface area contributed by atoms with E-state index in [9.17, 15) is 9.59 Å². The van der Waals surface area contributed by atoms with Gasteiger partial charge in [0.2, 0.25) is 5.91 Å². The average Bonchev–Trinajstić information content (AvgIpc) is 2.51. The van der Waals surface area contributed by atoms with Crippen LogP contribution in [0.3, 0.4) is 0 Å². The average molecular weight is 343 g/mol. The molecule has 0 radical (unpaired) electrons. The molecule has 0 aliphatic carbocycles. The summed E-state index contributed by atoms with van der Waals surface area (Å²) in [6.07, 6.45) is 3.72. The van der Waals surface area contributed by atoms with Gasteiger partial charge in [-0.05, 0) is 53.0 Å². The maximum absolute atomic E-state index is 11.9. The van der Waals surface area contributed by atoms with E-state index in [0.29, 0.717) is 26.1 Å². The molecule has 0 aromatic heterocycles. The molecule has 0 saturated heterocycles. The molecule has 0 aliphatic rings. The van der Waals surface area contributed by atoms with Gasteiger partial charge in [-0.15, -0.1) is 0 Å². The molecule has 0 fully saturated rings. The van der Waals surface area contributed by atoms with Crippen molar-refractivity contribution < 1.29 is 14.3 Å². The van der Waals surface area contributed by atoms with Crippen LogP contribution in [0.5, 0.6) is 0 Å². The summed E-state index contributed by atoms with van der Waals surface area (Å²) in [7, 11) is 0. The lowest BCUT2D eigenvalue weighted by Gasteiger charge is -2.32. The van der Waals surface area contributed by atoms with Crippen molar-refractivity contribution >= 4 is 11.7 Å². The van der Waals surface area contributed by atoms with Gasteiger partial charge in [-0.2, -0.15) is 0 Å². The highest BCUT2D eigenvalue weighted by molar-refractivity contribution is 5.82. The summed E-state index contributed by atoms with van der Waals surface area (Å²) in [5.41, 5.74) is -0.560. The van der Waals surface area contributed by atoms with Crippen molar-refractivity contribution in [3.8, 4) is 0 Å². The number of carbonyl (C=O) groups excluding carboxylic acids is 2. The van der Waals surface area contributed by atoms with E-state index in [1.807, 2.05) is 20.8 Å². The second-order valence-electron chi connectivity index (χ2n) is 7.11. The molecule has 5 heteroatoms. The second kappa shape index (κ2) is 11.6. The fraction of sp³-hybridized carbons (Fsp3) is 0.895. The van der Waals surface area contributed by atoms with Crippen LogP contribution >= 0.6 is 0 Å². The van der Waals surface area contributed by atoms with Crippen LogP contribution < -0.4 is 10.6 Å². The molecule has 0 spiro atoms. The van der Waals surface area contributed by atoms with Gasteiger partial charge in [0.25, 0.3) is 0 Å². The van der Waals surface area contributed by atoms with E-state index in [1.165, 1.54) is 0 Å². The zero-order chi connectivity index (χ0) is 18.6. The van der Waals surface area contributed by atoms with E-state index in [0.717, 1.165) is 32.2 Å². The molecule has 2 N–H and O–H groups in total. The molecule has 0 heterocycles. The Morgan fingerprint density at radius 2 is 1.62 bits per heavy atom. The summed E-state index contributed by atoms with van der Waals surface area (Å²) >= 11 is 0. The van der Waals surface area contributed by atoms with Crippen molar-refractivity contribution in [2.75, 3.05) is 26.2 Å². The summed E-state index contributed by atoms with van der Waals surface area (Å²) in [5.74, 6) is 0.321. The summed E-state index contributed by atoms with van der Waals surface area (Å²) in [6, 6.07) is 0. The summed E-state index contributed by atoms with van der Waals surface area (Å²) < 4.78 is 6.00. The Hall–Kier alpha value is -0.940. The molecular weight excluding hydrogens is 304 g/mol. The molecule has 0 aliphatic heterocycles. The number of hydrogen-bond donors (Lipinski definition) is 2. The molecule has 0 rings (SSSR count). The number of nitrogens with one attached hydrogen (secondary N) is 2. The van der Waals surface area contributed by atoms with E-state index in [-0.39, 0.29) is 22.7 Å². The zero-order valence-corrected chi connectivity index (χ0v) is 16.6. The van der Waals surface area contributed by atoms with Gasteiger partial charge in [-0.1, -0.05) is 20.8 Å². The van der Waals surface area contributed by atoms with E-state index in [4.69, 9.17) is 4.74 Å². The normalized spacial score (nSPS) is 12.2. The van der Waals surface area contributed by atoms with Gasteiger partial charge in [0, 0.05) is 31.5 Å². The number of ketones is 1. The van der Waals surface area contributed by atoms with Crippen LogP contribution in [0.25, 0.3) is 0 Å². The Bertz CT molecular complexity index is 377. The maximum Gasteiger partial charge on any atom is 0.221 e. The number of amides is 1. The Kier molecular flexibility index (Phi) is 11.1. The Morgan fingerprint density at radius 3 is 2.12 bits per heavy atom. The fourth-order valence-electron chi connectivity index (χ4n) is 2.84. The lowest BCUT2D eigenvalue weighted by molar-refractivity contribution is -0.129. The van der Waals surface area contributed by atoms with E-state index < -0.39 is 0 Å². The van der Waals surface area contributed by atoms with Crippen LogP contribution in [0.1, 0.15) is 73.6 Å². The maximum atomic E-state index is 11.9. The van der Waals surface area contributed by atoms with Crippen molar-refractivity contribution in [2.45, 2.75) is 79.2 Å². The quantitative estimate of drug-likeness (QED) is 0.476. The second-order valence-corrected chi connectivity index (χ2v) is 7.11. The molecule has 0 aromatic rings. The van der Waals surface area contributed by atoms with Crippen molar-refractivity contribution in [1.82, 2.24) is 10.6 Å². The molecular formula is C19H38N2O3. The monoisotopic (exact) mass is 342 g/mol. The molecule has 0 atom stereocenters. The molecule has 0 bridgehead atoms.